The molecular formula is C26H35F3N10O. The minimum atomic E-state index is -4.10. The number of alkyl halides is 3. The number of nitrogens with zero attached hydrogens (tertiary/aromatic N) is 9. The van der Waals surface area contributed by atoms with E-state index in [1.54, 1.807) is 21.6 Å². The summed E-state index contributed by atoms with van der Waals surface area (Å²) in [6, 6.07) is 4.44. The largest absolute Gasteiger partial charge is 0.389 e. The molecule has 6 rings (SSSR count). The molecule has 2 atom stereocenters. The van der Waals surface area contributed by atoms with Gasteiger partial charge >= 0.3 is 6.18 Å². The van der Waals surface area contributed by atoms with Crippen LogP contribution in [0.15, 0.2) is 30.7 Å². The van der Waals surface area contributed by atoms with Crippen LogP contribution in [0.1, 0.15) is 25.7 Å². The second kappa shape index (κ2) is 10.9. The molecule has 2 unspecified atom stereocenters. The number of hydrogen-bond acceptors (Lipinski definition) is 8. The van der Waals surface area contributed by atoms with Crippen molar-refractivity contribution in [1.82, 2.24) is 39.1 Å². The van der Waals surface area contributed by atoms with Crippen LogP contribution >= 0.6 is 0 Å². The maximum atomic E-state index is 12.7. The van der Waals surface area contributed by atoms with Crippen LogP contribution in [0.3, 0.4) is 0 Å². The minimum absolute atomic E-state index is 0.0488. The Hall–Kier alpha value is -3.39. The number of likely N-dealkylation sites (N-methyl/N-ethyl adjacent to an activating group) is 1. The zero-order valence-corrected chi connectivity index (χ0v) is 22.6. The van der Waals surface area contributed by atoms with Gasteiger partial charge in [-0.2, -0.15) is 23.3 Å². The Bertz CT molecular complexity index is 1320. The van der Waals surface area contributed by atoms with Crippen molar-refractivity contribution in [3.05, 3.63) is 30.7 Å². The number of carbonyl (C=O) groups is 1. The van der Waals surface area contributed by atoms with Gasteiger partial charge < -0.3 is 20.0 Å². The molecular weight excluding hydrogens is 525 g/mol. The lowest BCUT2D eigenvalue weighted by atomic mass is 10.1. The smallest absolute Gasteiger partial charge is 0.365 e. The number of halogens is 3. The number of fused-ring (bicyclic) bond motifs is 3. The topological polar surface area (TPSA) is 90.1 Å². The van der Waals surface area contributed by atoms with Crippen molar-refractivity contribution in [2.75, 3.05) is 63.1 Å². The molecule has 11 nitrogen and oxygen atoms in total. The fraction of sp³-hybridized carbons (Fsp3) is 0.615. The molecule has 3 aromatic rings. The molecule has 14 heteroatoms. The van der Waals surface area contributed by atoms with Gasteiger partial charge in [-0.25, -0.2) is 4.52 Å². The third kappa shape index (κ3) is 5.87. The van der Waals surface area contributed by atoms with Gasteiger partial charge in [-0.1, -0.05) is 0 Å². The van der Waals surface area contributed by atoms with Gasteiger partial charge in [0.05, 0.1) is 17.6 Å². The molecule has 2 bridgehead atoms. The van der Waals surface area contributed by atoms with Gasteiger partial charge in [0.1, 0.15) is 6.54 Å². The Morgan fingerprint density at radius 1 is 1.12 bits per heavy atom. The molecule has 0 saturated carbocycles. The maximum Gasteiger partial charge on any atom is 0.389 e. The summed E-state index contributed by atoms with van der Waals surface area (Å²) in [7, 11) is 2.06. The summed E-state index contributed by atoms with van der Waals surface area (Å²) < 4.78 is 41.3. The Morgan fingerprint density at radius 3 is 2.60 bits per heavy atom. The molecule has 3 aromatic heterocycles. The summed E-state index contributed by atoms with van der Waals surface area (Å²) in [4.78, 5) is 26.0. The van der Waals surface area contributed by atoms with Crippen LogP contribution in [-0.2, 0) is 11.3 Å². The Labute approximate surface area is 230 Å². The van der Waals surface area contributed by atoms with Gasteiger partial charge in [0.25, 0.3) is 0 Å². The van der Waals surface area contributed by atoms with Crippen molar-refractivity contribution in [1.29, 1.82) is 0 Å². The van der Waals surface area contributed by atoms with E-state index in [1.807, 2.05) is 23.2 Å². The molecule has 0 aromatic carbocycles. The molecule has 6 heterocycles. The van der Waals surface area contributed by atoms with Crippen LogP contribution in [0, 0.1) is 0 Å². The number of aromatic nitrogens is 5. The van der Waals surface area contributed by atoms with Crippen LogP contribution in [-0.4, -0.2) is 116 Å². The van der Waals surface area contributed by atoms with Gasteiger partial charge in [-0.3, -0.25) is 14.4 Å². The van der Waals surface area contributed by atoms with Gasteiger partial charge in [-0.05, 0) is 45.0 Å². The first-order valence-electron chi connectivity index (χ1n) is 13.9. The number of anilines is 3. The number of rotatable bonds is 8. The van der Waals surface area contributed by atoms with E-state index in [-0.39, 0.29) is 31.0 Å². The van der Waals surface area contributed by atoms with Crippen molar-refractivity contribution in [3.63, 3.8) is 0 Å². The molecule has 3 saturated heterocycles. The molecule has 0 aliphatic carbocycles. The molecule has 3 aliphatic rings. The predicted molar refractivity (Wildman–Crippen MR) is 144 cm³/mol. The van der Waals surface area contributed by atoms with Crippen LogP contribution in [0.4, 0.5) is 30.5 Å². The fourth-order valence-electron chi connectivity index (χ4n) is 6.14. The summed E-state index contributed by atoms with van der Waals surface area (Å²) in [5.74, 6) is 0.471. The van der Waals surface area contributed by atoms with Crippen LogP contribution in [0.5, 0.6) is 0 Å². The highest BCUT2D eigenvalue weighted by Crippen LogP contribution is 2.35. The predicted octanol–water partition coefficient (Wildman–Crippen LogP) is 2.44. The molecule has 216 valence electrons. The molecule has 0 spiro atoms. The lowest BCUT2D eigenvalue weighted by Gasteiger charge is -2.42. The van der Waals surface area contributed by atoms with Gasteiger partial charge in [-0.15, -0.1) is 5.10 Å². The number of hydrogen-bond donors (Lipinski definition) is 1. The van der Waals surface area contributed by atoms with Crippen LogP contribution in [0.2, 0.25) is 0 Å². The first-order chi connectivity index (χ1) is 19.2. The van der Waals surface area contributed by atoms with E-state index in [9.17, 15) is 18.0 Å². The lowest BCUT2D eigenvalue weighted by Crippen LogP contribution is -2.54. The Kier molecular flexibility index (Phi) is 7.29. The van der Waals surface area contributed by atoms with E-state index in [1.165, 1.54) is 0 Å². The summed E-state index contributed by atoms with van der Waals surface area (Å²) >= 11 is 0. The number of nitrogens with one attached hydrogen (secondary N) is 1. The van der Waals surface area contributed by atoms with Crippen molar-refractivity contribution < 1.29 is 18.0 Å². The first kappa shape index (κ1) is 26.8. The molecule has 40 heavy (non-hydrogen) atoms. The average Bonchev–Trinajstić information content (AvgIpc) is 3.58. The zero-order valence-electron chi connectivity index (χ0n) is 22.6. The third-order valence-corrected chi connectivity index (χ3v) is 8.24. The molecule has 0 radical (unpaired) electrons. The van der Waals surface area contributed by atoms with Gasteiger partial charge in [0, 0.05) is 70.2 Å². The quantitative estimate of drug-likeness (QED) is 0.450. The van der Waals surface area contributed by atoms with E-state index >= 15 is 0 Å². The van der Waals surface area contributed by atoms with Crippen LogP contribution in [0.25, 0.3) is 5.65 Å². The second-order valence-corrected chi connectivity index (χ2v) is 11.1. The van der Waals surface area contributed by atoms with Gasteiger partial charge in [0.15, 0.2) is 5.65 Å². The average molecular weight is 561 g/mol. The highest BCUT2D eigenvalue weighted by Gasteiger charge is 2.40. The van der Waals surface area contributed by atoms with Gasteiger partial charge in [0.2, 0.25) is 11.9 Å². The van der Waals surface area contributed by atoms with E-state index in [0.29, 0.717) is 23.8 Å². The standard InChI is InChI=1S/C26H35F3N10O/c1-34-10-12-35(13-11-34)23(40)18-37-15-19(14-30-37)31-25-32-24-22(4-2-9-39(24)33-25)36-16-20-5-6-21(17-36)38(20)8-3-7-26(27,28)29/h2,4,9,14-15,20-21H,3,5-8,10-13,16-18H2,1H3,(H,31,33). The number of piperazine rings is 2. The van der Waals surface area contributed by atoms with E-state index in [2.05, 4.69) is 37.3 Å². The summed E-state index contributed by atoms with van der Waals surface area (Å²) in [6.45, 7) is 5.38. The monoisotopic (exact) mass is 560 g/mol. The third-order valence-electron chi connectivity index (χ3n) is 8.24. The van der Waals surface area contributed by atoms with E-state index < -0.39 is 12.6 Å². The summed E-state index contributed by atoms with van der Waals surface area (Å²) in [5, 5.41) is 12.1. The summed E-state index contributed by atoms with van der Waals surface area (Å²) in [5.41, 5.74) is 2.37. The van der Waals surface area contributed by atoms with E-state index in [0.717, 1.165) is 57.8 Å². The summed E-state index contributed by atoms with van der Waals surface area (Å²) in [6.07, 6.45) is 2.58. The molecule has 3 fully saturated rings. The Balaban J connectivity index is 1.09. The second-order valence-electron chi connectivity index (χ2n) is 11.1. The lowest BCUT2D eigenvalue weighted by molar-refractivity contribution is -0.136. The SMILES string of the molecule is CN1CCN(C(=O)Cn2cc(Nc3nc4c(N5CC6CCC(C5)N6CCCC(F)(F)F)cccn4n3)cn2)CC1. The minimum Gasteiger partial charge on any atom is -0.365 e. The maximum absolute atomic E-state index is 12.7. The molecule has 3 aliphatic heterocycles. The number of pyridine rings is 1. The zero-order chi connectivity index (χ0) is 27.9. The first-order valence-corrected chi connectivity index (χ1v) is 13.9. The fourth-order valence-corrected chi connectivity index (χ4v) is 6.14. The Morgan fingerprint density at radius 2 is 1.88 bits per heavy atom. The van der Waals surface area contributed by atoms with Crippen molar-refractivity contribution in [2.24, 2.45) is 0 Å². The van der Waals surface area contributed by atoms with Crippen LogP contribution < -0.4 is 10.2 Å². The van der Waals surface area contributed by atoms with Crippen molar-refractivity contribution in [3.8, 4) is 0 Å². The van der Waals surface area contributed by atoms with Crippen molar-refractivity contribution in [2.45, 2.75) is 50.5 Å². The number of carbonyl (C=O) groups excluding carboxylic acids is 1. The highest BCUT2D eigenvalue weighted by molar-refractivity contribution is 5.76. The normalized spacial score (nSPS) is 22.4. The highest BCUT2D eigenvalue weighted by atomic mass is 19.4. The van der Waals surface area contributed by atoms with Crippen molar-refractivity contribution >= 4 is 28.9 Å². The van der Waals surface area contributed by atoms with E-state index in [4.69, 9.17) is 4.98 Å². The molecule has 1 N–H and O–H groups in total. The molecule has 1 amide bonds. The number of amides is 1.